The highest BCUT2D eigenvalue weighted by atomic mass is 32.2. The Hall–Kier alpha value is -0.880. The van der Waals surface area contributed by atoms with E-state index in [0.717, 1.165) is 5.69 Å². The first-order chi connectivity index (χ1) is 6.40. The van der Waals surface area contributed by atoms with Gasteiger partial charge in [0.1, 0.15) is 9.84 Å². The number of nitrogens with zero attached hydrogens (tertiary/aromatic N) is 2. The molecule has 0 aliphatic carbocycles. The van der Waals surface area contributed by atoms with Crippen molar-refractivity contribution >= 4 is 9.84 Å². The van der Waals surface area contributed by atoms with Crippen molar-refractivity contribution in [1.29, 1.82) is 0 Å². The SMILES string of the molecule is CC(N)c1cncn1CCS(C)(=O)=O. The van der Waals surface area contributed by atoms with Crippen LogP contribution in [0.15, 0.2) is 12.5 Å². The van der Waals surface area contributed by atoms with Gasteiger partial charge in [-0.2, -0.15) is 0 Å². The summed E-state index contributed by atoms with van der Waals surface area (Å²) < 4.78 is 23.7. The van der Waals surface area contributed by atoms with E-state index in [9.17, 15) is 8.42 Å². The van der Waals surface area contributed by atoms with Gasteiger partial charge in [-0.15, -0.1) is 0 Å². The van der Waals surface area contributed by atoms with E-state index in [4.69, 9.17) is 5.73 Å². The topological polar surface area (TPSA) is 78.0 Å². The first-order valence-electron chi connectivity index (χ1n) is 4.33. The van der Waals surface area contributed by atoms with Crippen molar-refractivity contribution in [2.24, 2.45) is 5.73 Å². The maximum atomic E-state index is 10.9. The molecule has 14 heavy (non-hydrogen) atoms. The largest absolute Gasteiger partial charge is 0.332 e. The number of aryl methyl sites for hydroxylation is 1. The van der Waals surface area contributed by atoms with Crippen molar-refractivity contribution in [2.75, 3.05) is 12.0 Å². The zero-order valence-corrected chi connectivity index (χ0v) is 9.16. The van der Waals surface area contributed by atoms with Crippen molar-refractivity contribution in [1.82, 2.24) is 9.55 Å². The Labute approximate surface area is 83.9 Å². The van der Waals surface area contributed by atoms with Crippen LogP contribution in [0.25, 0.3) is 0 Å². The smallest absolute Gasteiger partial charge is 0.149 e. The third-order valence-electron chi connectivity index (χ3n) is 1.91. The van der Waals surface area contributed by atoms with E-state index < -0.39 is 9.84 Å². The monoisotopic (exact) mass is 217 g/mol. The highest BCUT2D eigenvalue weighted by Crippen LogP contribution is 2.08. The third kappa shape index (κ3) is 3.12. The first kappa shape index (κ1) is 11.2. The van der Waals surface area contributed by atoms with Crippen LogP contribution >= 0.6 is 0 Å². The zero-order valence-electron chi connectivity index (χ0n) is 8.34. The molecule has 1 aromatic heterocycles. The van der Waals surface area contributed by atoms with Crippen molar-refractivity contribution < 1.29 is 8.42 Å². The summed E-state index contributed by atoms with van der Waals surface area (Å²) in [5.74, 6) is 0.114. The summed E-state index contributed by atoms with van der Waals surface area (Å²) in [7, 11) is -2.93. The molecule has 0 aliphatic rings. The number of rotatable bonds is 4. The van der Waals surface area contributed by atoms with Crippen LogP contribution in [-0.4, -0.2) is 30.0 Å². The lowest BCUT2D eigenvalue weighted by molar-refractivity contribution is 0.589. The fourth-order valence-corrected chi connectivity index (χ4v) is 1.69. The number of imidazole rings is 1. The van der Waals surface area contributed by atoms with Crippen LogP contribution in [-0.2, 0) is 16.4 Å². The van der Waals surface area contributed by atoms with Gasteiger partial charge in [-0.25, -0.2) is 13.4 Å². The molecule has 1 rings (SSSR count). The van der Waals surface area contributed by atoms with E-state index in [1.165, 1.54) is 6.26 Å². The average Bonchev–Trinajstić information content (AvgIpc) is 2.46. The highest BCUT2D eigenvalue weighted by Gasteiger charge is 2.08. The third-order valence-corrected chi connectivity index (χ3v) is 2.84. The normalized spacial score (nSPS) is 14.2. The maximum Gasteiger partial charge on any atom is 0.149 e. The molecule has 0 radical (unpaired) electrons. The second-order valence-corrected chi connectivity index (χ2v) is 5.69. The van der Waals surface area contributed by atoms with Crippen LogP contribution < -0.4 is 5.73 Å². The summed E-state index contributed by atoms with van der Waals surface area (Å²) >= 11 is 0. The number of aromatic nitrogens is 2. The molecule has 1 unspecified atom stereocenters. The molecule has 6 heteroatoms. The number of sulfone groups is 1. The molecule has 1 aromatic rings. The van der Waals surface area contributed by atoms with E-state index in [1.807, 2.05) is 6.92 Å². The minimum Gasteiger partial charge on any atom is -0.332 e. The molecule has 0 amide bonds. The lowest BCUT2D eigenvalue weighted by atomic mass is 10.3. The quantitative estimate of drug-likeness (QED) is 0.767. The Morgan fingerprint density at radius 2 is 2.29 bits per heavy atom. The van der Waals surface area contributed by atoms with Gasteiger partial charge in [0.15, 0.2) is 0 Å². The Morgan fingerprint density at radius 3 is 2.79 bits per heavy atom. The van der Waals surface area contributed by atoms with Crippen LogP contribution in [0.2, 0.25) is 0 Å². The van der Waals surface area contributed by atoms with Gasteiger partial charge in [0.05, 0.1) is 17.8 Å². The lowest BCUT2D eigenvalue weighted by Crippen LogP contribution is -2.16. The molecule has 2 N–H and O–H groups in total. The molecule has 5 nitrogen and oxygen atoms in total. The second-order valence-electron chi connectivity index (χ2n) is 3.43. The average molecular weight is 217 g/mol. The van der Waals surface area contributed by atoms with Gasteiger partial charge in [0.25, 0.3) is 0 Å². The summed E-state index contributed by atoms with van der Waals surface area (Å²) in [5.41, 5.74) is 6.54. The van der Waals surface area contributed by atoms with Crippen LogP contribution in [0.3, 0.4) is 0 Å². The van der Waals surface area contributed by atoms with E-state index in [0.29, 0.717) is 6.54 Å². The van der Waals surface area contributed by atoms with Gasteiger partial charge in [0, 0.05) is 25.0 Å². The van der Waals surface area contributed by atoms with Gasteiger partial charge in [0.2, 0.25) is 0 Å². The molecule has 1 atom stereocenters. The van der Waals surface area contributed by atoms with E-state index in [2.05, 4.69) is 4.98 Å². The molecule has 0 spiro atoms. The first-order valence-corrected chi connectivity index (χ1v) is 6.39. The predicted molar refractivity (Wildman–Crippen MR) is 54.5 cm³/mol. The Bertz CT molecular complexity index is 394. The van der Waals surface area contributed by atoms with Crippen LogP contribution in [0, 0.1) is 0 Å². The zero-order chi connectivity index (χ0) is 10.8. The molecule has 0 saturated heterocycles. The van der Waals surface area contributed by atoms with E-state index in [-0.39, 0.29) is 11.8 Å². The van der Waals surface area contributed by atoms with Gasteiger partial charge in [-0.1, -0.05) is 0 Å². The summed E-state index contributed by atoms with van der Waals surface area (Å²) in [4.78, 5) is 3.93. The molecule has 0 bridgehead atoms. The van der Waals surface area contributed by atoms with Gasteiger partial charge < -0.3 is 10.3 Å². The second kappa shape index (κ2) is 4.10. The van der Waals surface area contributed by atoms with Crippen LogP contribution in [0.4, 0.5) is 0 Å². The molecule has 0 aliphatic heterocycles. The van der Waals surface area contributed by atoms with Crippen molar-refractivity contribution in [3.8, 4) is 0 Å². The summed E-state index contributed by atoms with van der Waals surface area (Å²) in [6, 6.07) is -0.128. The van der Waals surface area contributed by atoms with E-state index in [1.54, 1.807) is 17.1 Å². The Kier molecular flexibility index (Phi) is 3.28. The van der Waals surface area contributed by atoms with Crippen LogP contribution in [0.5, 0.6) is 0 Å². The van der Waals surface area contributed by atoms with Crippen molar-refractivity contribution in [3.05, 3.63) is 18.2 Å². The fraction of sp³-hybridized carbons (Fsp3) is 0.625. The minimum atomic E-state index is -2.93. The minimum absolute atomic E-state index is 0.114. The molecule has 0 aromatic carbocycles. The van der Waals surface area contributed by atoms with Crippen LogP contribution in [0.1, 0.15) is 18.7 Å². The molecule has 80 valence electrons. The Morgan fingerprint density at radius 1 is 1.64 bits per heavy atom. The lowest BCUT2D eigenvalue weighted by Gasteiger charge is -2.09. The number of nitrogens with two attached hydrogens (primary N) is 1. The standard InChI is InChI=1S/C8H15N3O2S/c1-7(9)8-5-10-6-11(8)3-4-14(2,12)13/h5-7H,3-4,9H2,1-2H3. The summed E-state index contributed by atoms with van der Waals surface area (Å²) in [6.45, 7) is 2.25. The van der Waals surface area contributed by atoms with Gasteiger partial charge >= 0.3 is 0 Å². The predicted octanol–water partition coefficient (Wildman–Crippen LogP) is -0.0526. The van der Waals surface area contributed by atoms with Crippen molar-refractivity contribution in [3.63, 3.8) is 0 Å². The molecule has 0 fully saturated rings. The molecular formula is C8H15N3O2S. The molecular weight excluding hydrogens is 202 g/mol. The van der Waals surface area contributed by atoms with Gasteiger partial charge in [-0.3, -0.25) is 0 Å². The Balaban J connectivity index is 2.72. The summed E-state index contributed by atoms with van der Waals surface area (Å²) in [6.07, 6.45) is 4.48. The summed E-state index contributed by atoms with van der Waals surface area (Å²) in [5, 5.41) is 0. The van der Waals surface area contributed by atoms with Gasteiger partial charge in [-0.05, 0) is 6.92 Å². The van der Waals surface area contributed by atoms with Crippen molar-refractivity contribution in [2.45, 2.75) is 19.5 Å². The fourth-order valence-electron chi connectivity index (χ4n) is 1.16. The maximum absolute atomic E-state index is 10.9. The molecule has 1 heterocycles. The number of hydrogen-bond donors (Lipinski definition) is 1. The highest BCUT2D eigenvalue weighted by molar-refractivity contribution is 7.90. The molecule has 0 saturated carbocycles. The number of hydrogen-bond acceptors (Lipinski definition) is 4. The van der Waals surface area contributed by atoms with E-state index >= 15 is 0 Å².